The molecule has 5 heteroatoms. The van der Waals surface area contributed by atoms with Crippen molar-refractivity contribution in [2.45, 2.75) is 24.4 Å². The monoisotopic (exact) mass is 510 g/mol. The molecule has 7 rings (SSSR count). The normalized spacial score (nSPS) is 24.2. The summed E-state index contributed by atoms with van der Waals surface area (Å²) in [6, 6.07) is 30.6. The Bertz CT molecular complexity index is 1670. The highest BCUT2D eigenvalue weighted by atomic mass is 16.2. The van der Waals surface area contributed by atoms with Gasteiger partial charge in [-0.3, -0.25) is 14.4 Å². The second kappa shape index (κ2) is 8.63. The molecule has 4 atom stereocenters. The molecule has 0 aliphatic carbocycles. The molecule has 1 fully saturated rings. The molecule has 39 heavy (non-hydrogen) atoms. The van der Waals surface area contributed by atoms with E-state index < -0.39 is 23.4 Å². The Morgan fingerprint density at radius 1 is 0.769 bits per heavy atom. The molecular weight excluding hydrogens is 484 g/mol. The average Bonchev–Trinajstić information content (AvgIpc) is 3.45. The van der Waals surface area contributed by atoms with Crippen molar-refractivity contribution in [3.05, 3.63) is 143 Å². The Morgan fingerprint density at radius 2 is 1.44 bits per heavy atom. The predicted octanol–water partition coefficient (Wildman–Crippen LogP) is 5.98. The fourth-order valence-electron chi connectivity index (χ4n) is 6.84. The van der Waals surface area contributed by atoms with Crippen molar-refractivity contribution in [1.82, 2.24) is 4.90 Å². The first-order valence-corrected chi connectivity index (χ1v) is 13.2. The molecule has 4 aromatic carbocycles. The summed E-state index contributed by atoms with van der Waals surface area (Å²) in [6.45, 7) is 1.97. The van der Waals surface area contributed by atoms with Crippen LogP contribution in [0.5, 0.6) is 0 Å². The molecule has 1 spiro atoms. The van der Waals surface area contributed by atoms with E-state index in [2.05, 4.69) is 5.32 Å². The van der Waals surface area contributed by atoms with E-state index >= 15 is 0 Å². The zero-order valence-electron chi connectivity index (χ0n) is 21.4. The number of rotatable bonds is 4. The SMILES string of the molecule is Cc1ccc(C(=O)[C@@H]2[C@H](C(=O)c3ccccc3)N3C=Cc4ccccc4[C@H]3[C@@]23C(=O)Nc2ccccc23)cc1. The standard InChI is InChI=1S/C34H26N2O3/c1-21-15-17-24(18-16-21)30(37)28-29(31(38)23-10-3-2-4-11-23)36-20-19-22-9-5-6-12-25(22)32(36)34(28)26-13-7-8-14-27(26)35-33(34)39/h2-20,28-29,32H,1H3,(H,35,39)/t28-,29+,32-,34-/m0/s1. The number of para-hydroxylation sites is 1. The van der Waals surface area contributed by atoms with Gasteiger partial charge in [0.1, 0.15) is 11.5 Å². The van der Waals surface area contributed by atoms with Crippen LogP contribution in [0.3, 0.4) is 0 Å². The highest BCUT2D eigenvalue weighted by Gasteiger charge is 2.70. The van der Waals surface area contributed by atoms with Crippen LogP contribution in [0.15, 0.2) is 109 Å². The predicted molar refractivity (Wildman–Crippen MR) is 150 cm³/mol. The molecule has 3 heterocycles. The number of Topliss-reactive ketones (excluding diaryl/α,β-unsaturated/α-hetero) is 2. The highest BCUT2D eigenvalue weighted by Crippen LogP contribution is 2.62. The van der Waals surface area contributed by atoms with Gasteiger partial charge < -0.3 is 10.2 Å². The minimum atomic E-state index is -1.31. The van der Waals surface area contributed by atoms with Crippen molar-refractivity contribution < 1.29 is 14.4 Å². The van der Waals surface area contributed by atoms with E-state index in [1.807, 2.05) is 103 Å². The quantitative estimate of drug-likeness (QED) is 0.343. The van der Waals surface area contributed by atoms with Gasteiger partial charge in [-0.25, -0.2) is 0 Å². The van der Waals surface area contributed by atoms with Gasteiger partial charge >= 0.3 is 0 Å². The molecule has 0 radical (unpaired) electrons. The number of fused-ring (bicyclic) bond motifs is 6. The summed E-state index contributed by atoms with van der Waals surface area (Å²) in [7, 11) is 0. The zero-order valence-corrected chi connectivity index (χ0v) is 21.4. The summed E-state index contributed by atoms with van der Waals surface area (Å²) < 4.78 is 0. The third-order valence-electron chi connectivity index (χ3n) is 8.52. The van der Waals surface area contributed by atoms with Crippen molar-refractivity contribution in [2.75, 3.05) is 5.32 Å². The van der Waals surface area contributed by atoms with Gasteiger partial charge in [0.05, 0.1) is 12.0 Å². The molecule has 1 amide bonds. The van der Waals surface area contributed by atoms with Crippen LogP contribution in [-0.4, -0.2) is 28.4 Å². The summed E-state index contributed by atoms with van der Waals surface area (Å²) >= 11 is 0. The third kappa shape index (κ3) is 3.23. The minimum Gasteiger partial charge on any atom is -0.358 e. The molecule has 1 N–H and O–H groups in total. The van der Waals surface area contributed by atoms with E-state index in [4.69, 9.17) is 0 Å². The van der Waals surface area contributed by atoms with Gasteiger partial charge in [0, 0.05) is 23.0 Å². The zero-order chi connectivity index (χ0) is 26.7. The van der Waals surface area contributed by atoms with Crippen LogP contribution in [0.25, 0.3) is 6.08 Å². The number of nitrogens with one attached hydrogen (secondary N) is 1. The minimum absolute atomic E-state index is 0.177. The molecule has 1 saturated heterocycles. The third-order valence-corrected chi connectivity index (χ3v) is 8.52. The maximum atomic E-state index is 14.7. The van der Waals surface area contributed by atoms with Crippen LogP contribution >= 0.6 is 0 Å². The lowest BCUT2D eigenvalue weighted by Crippen LogP contribution is -2.49. The Hall–Kier alpha value is -4.77. The fourth-order valence-corrected chi connectivity index (χ4v) is 6.84. The summed E-state index contributed by atoms with van der Waals surface area (Å²) in [5, 5.41) is 3.09. The first-order chi connectivity index (χ1) is 19.0. The van der Waals surface area contributed by atoms with Crippen LogP contribution in [0, 0.1) is 12.8 Å². The summed E-state index contributed by atoms with van der Waals surface area (Å²) in [4.78, 5) is 45.5. The molecule has 190 valence electrons. The van der Waals surface area contributed by atoms with Gasteiger partial charge in [0.2, 0.25) is 5.91 Å². The van der Waals surface area contributed by atoms with E-state index in [9.17, 15) is 14.4 Å². The number of carbonyl (C=O) groups excluding carboxylic acids is 3. The highest BCUT2D eigenvalue weighted by molar-refractivity contribution is 6.16. The largest absolute Gasteiger partial charge is 0.358 e. The number of nitrogens with zero attached hydrogens (tertiary/aromatic N) is 1. The van der Waals surface area contributed by atoms with Crippen molar-refractivity contribution in [3.8, 4) is 0 Å². The first-order valence-electron chi connectivity index (χ1n) is 13.2. The van der Waals surface area contributed by atoms with Crippen molar-refractivity contribution in [1.29, 1.82) is 0 Å². The Morgan fingerprint density at radius 3 is 2.23 bits per heavy atom. The second-order valence-corrected chi connectivity index (χ2v) is 10.5. The van der Waals surface area contributed by atoms with Gasteiger partial charge in [0.15, 0.2) is 11.6 Å². The lowest BCUT2D eigenvalue weighted by atomic mass is 9.62. The number of benzene rings is 4. The van der Waals surface area contributed by atoms with Crippen molar-refractivity contribution in [3.63, 3.8) is 0 Å². The van der Waals surface area contributed by atoms with E-state index in [-0.39, 0.29) is 17.5 Å². The number of amides is 1. The lowest BCUT2D eigenvalue weighted by molar-refractivity contribution is -0.122. The van der Waals surface area contributed by atoms with Crippen LogP contribution in [-0.2, 0) is 10.2 Å². The van der Waals surface area contributed by atoms with E-state index in [0.29, 0.717) is 16.8 Å². The van der Waals surface area contributed by atoms with Crippen molar-refractivity contribution >= 4 is 29.2 Å². The fraction of sp³-hybridized carbons (Fsp3) is 0.147. The van der Waals surface area contributed by atoms with Crippen LogP contribution in [0.1, 0.15) is 49.0 Å². The smallest absolute Gasteiger partial charge is 0.238 e. The van der Waals surface area contributed by atoms with Gasteiger partial charge in [-0.1, -0.05) is 103 Å². The van der Waals surface area contributed by atoms with Gasteiger partial charge in [0.25, 0.3) is 0 Å². The number of ketones is 2. The topological polar surface area (TPSA) is 66.5 Å². The second-order valence-electron chi connectivity index (χ2n) is 10.5. The van der Waals surface area contributed by atoms with Crippen LogP contribution in [0.2, 0.25) is 0 Å². The van der Waals surface area contributed by atoms with Crippen LogP contribution < -0.4 is 5.32 Å². The molecule has 0 aromatic heterocycles. The molecule has 3 aliphatic heterocycles. The maximum absolute atomic E-state index is 14.7. The molecule has 5 nitrogen and oxygen atoms in total. The summed E-state index contributed by atoms with van der Waals surface area (Å²) in [6.07, 6.45) is 3.87. The maximum Gasteiger partial charge on any atom is 0.238 e. The first kappa shape index (κ1) is 23.4. The Kier molecular flexibility index (Phi) is 5.17. The molecule has 4 aromatic rings. The van der Waals surface area contributed by atoms with E-state index in [0.717, 1.165) is 22.3 Å². The van der Waals surface area contributed by atoms with Gasteiger partial charge in [-0.2, -0.15) is 0 Å². The number of aryl methyl sites for hydroxylation is 1. The molecular formula is C34H26N2O3. The van der Waals surface area contributed by atoms with Gasteiger partial charge in [-0.05, 0) is 35.8 Å². The number of hydrogen-bond donors (Lipinski definition) is 1. The lowest BCUT2D eigenvalue weighted by Gasteiger charge is -2.38. The van der Waals surface area contributed by atoms with E-state index in [1.165, 1.54) is 0 Å². The van der Waals surface area contributed by atoms with Gasteiger partial charge in [-0.15, -0.1) is 0 Å². The molecule has 3 aliphatic rings. The Labute approximate surface area is 226 Å². The number of anilines is 1. The van der Waals surface area contributed by atoms with Crippen LogP contribution in [0.4, 0.5) is 5.69 Å². The molecule has 0 saturated carbocycles. The number of hydrogen-bond acceptors (Lipinski definition) is 4. The Balaban J connectivity index is 1.54. The molecule has 0 bridgehead atoms. The summed E-state index contributed by atoms with van der Waals surface area (Å²) in [5.74, 6) is -1.60. The van der Waals surface area contributed by atoms with Crippen molar-refractivity contribution in [2.24, 2.45) is 5.92 Å². The number of carbonyl (C=O) groups is 3. The average molecular weight is 511 g/mol. The van der Waals surface area contributed by atoms with E-state index in [1.54, 1.807) is 24.3 Å². The molecule has 0 unspecified atom stereocenters. The summed E-state index contributed by atoms with van der Waals surface area (Å²) in [5.41, 5.74) is 4.07.